The Morgan fingerprint density at radius 3 is 2.59 bits per heavy atom. The highest BCUT2D eigenvalue weighted by Crippen LogP contribution is 2.59. The summed E-state index contributed by atoms with van der Waals surface area (Å²) in [5, 5.41) is 7.46. The Labute approximate surface area is 142 Å². The summed E-state index contributed by atoms with van der Waals surface area (Å²) in [5.74, 6) is 0.491. The van der Waals surface area contributed by atoms with E-state index < -0.39 is 0 Å². The molecule has 22 heavy (non-hydrogen) atoms. The first-order chi connectivity index (χ1) is 10.1. The minimum atomic E-state index is -0.140. The highest BCUT2D eigenvalue weighted by molar-refractivity contribution is 6.30. The van der Waals surface area contributed by atoms with Crippen molar-refractivity contribution in [3.05, 3.63) is 34.9 Å². The molecule has 1 amide bonds. The first-order valence-corrected chi connectivity index (χ1v) is 8.30. The van der Waals surface area contributed by atoms with Crippen molar-refractivity contribution in [2.75, 3.05) is 13.1 Å². The van der Waals surface area contributed by atoms with Crippen molar-refractivity contribution >= 4 is 29.9 Å². The zero-order chi connectivity index (χ0) is 14.5. The van der Waals surface area contributed by atoms with Crippen LogP contribution in [-0.2, 0) is 10.3 Å². The molecule has 0 aromatic heterocycles. The van der Waals surface area contributed by atoms with Gasteiger partial charge in [0.25, 0.3) is 0 Å². The van der Waals surface area contributed by atoms with Crippen LogP contribution in [0.4, 0.5) is 0 Å². The van der Waals surface area contributed by atoms with Gasteiger partial charge in [0.15, 0.2) is 0 Å². The molecule has 1 unspecified atom stereocenters. The van der Waals surface area contributed by atoms with Gasteiger partial charge >= 0.3 is 0 Å². The zero-order valence-electron chi connectivity index (χ0n) is 12.5. The van der Waals surface area contributed by atoms with Gasteiger partial charge in [-0.3, -0.25) is 4.79 Å². The maximum atomic E-state index is 12.6. The van der Waals surface area contributed by atoms with Crippen molar-refractivity contribution in [1.82, 2.24) is 10.6 Å². The van der Waals surface area contributed by atoms with E-state index >= 15 is 0 Å². The molecule has 1 aromatic rings. The Balaban J connectivity index is 0.00000144. The molecule has 1 aliphatic heterocycles. The smallest absolute Gasteiger partial charge is 0.224 e. The van der Waals surface area contributed by atoms with Crippen LogP contribution in [0.3, 0.4) is 0 Å². The fourth-order valence-corrected chi connectivity index (χ4v) is 4.11. The SMILES string of the molecule is Cl.O=C(NC1(c2cccc(Cl)c2)CC1)C1CC12CCNCC2. The van der Waals surface area contributed by atoms with Crippen LogP contribution in [0.1, 0.15) is 37.7 Å². The van der Waals surface area contributed by atoms with Gasteiger partial charge in [0.1, 0.15) is 0 Å². The number of hydrogen-bond donors (Lipinski definition) is 2. The van der Waals surface area contributed by atoms with E-state index in [2.05, 4.69) is 16.7 Å². The van der Waals surface area contributed by atoms with E-state index in [1.54, 1.807) is 0 Å². The second-order valence-corrected chi connectivity index (χ2v) is 7.39. The van der Waals surface area contributed by atoms with Gasteiger partial charge in [0.2, 0.25) is 5.91 Å². The van der Waals surface area contributed by atoms with Crippen molar-refractivity contribution in [3.8, 4) is 0 Å². The van der Waals surface area contributed by atoms with Crippen molar-refractivity contribution in [3.63, 3.8) is 0 Å². The largest absolute Gasteiger partial charge is 0.346 e. The van der Waals surface area contributed by atoms with Crippen LogP contribution in [-0.4, -0.2) is 19.0 Å². The number of nitrogens with one attached hydrogen (secondary N) is 2. The van der Waals surface area contributed by atoms with Gasteiger partial charge < -0.3 is 10.6 Å². The molecule has 2 saturated carbocycles. The lowest BCUT2D eigenvalue weighted by molar-refractivity contribution is -0.124. The lowest BCUT2D eigenvalue weighted by Gasteiger charge is -2.24. The number of amides is 1. The van der Waals surface area contributed by atoms with E-state index in [1.807, 2.05) is 18.2 Å². The minimum absolute atomic E-state index is 0. The van der Waals surface area contributed by atoms with Crippen LogP contribution in [0.2, 0.25) is 5.02 Å². The molecular weight excluding hydrogens is 319 g/mol. The van der Waals surface area contributed by atoms with Crippen LogP contribution in [0.5, 0.6) is 0 Å². The summed E-state index contributed by atoms with van der Waals surface area (Å²) in [7, 11) is 0. The lowest BCUT2D eigenvalue weighted by atomic mass is 9.91. The average Bonchev–Trinajstić information content (AvgIpc) is 3.38. The quantitative estimate of drug-likeness (QED) is 0.886. The molecule has 2 N–H and O–H groups in total. The van der Waals surface area contributed by atoms with Crippen LogP contribution in [0.25, 0.3) is 0 Å². The molecule has 5 heteroatoms. The number of carbonyl (C=O) groups excluding carboxylic acids is 1. The molecule has 3 fully saturated rings. The minimum Gasteiger partial charge on any atom is -0.346 e. The molecule has 0 radical (unpaired) electrons. The Bertz CT molecular complexity index is 580. The molecule has 1 heterocycles. The maximum absolute atomic E-state index is 12.6. The number of piperidine rings is 1. The lowest BCUT2D eigenvalue weighted by Crippen LogP contribution is -2.38. The molecule has 120 valence electrons. The van der Waals surface area contributed by atoms with Gasteiger partial charge in [0, 0.05) is 10.9 Å². The third-order valence-electron chi connectivity index (χ3n) is 5.60. The van der Waals surface area contributed by atoms with Crippen molar-refractivity contribution in [2.24, 2.45) is 11.3 Å². The summed E-state index contributed by atoms with van der Waals surface area (Å²) in [6.07, 6.45) is 5.43. The average molecular weight is 341 g/mol. The molecule has 4 rings (SSSR count). The number of carbonyl (C=O) groups is 1. The van der Waals surface area contributed by atoms with Gasteiger partial charge in [-0.15, -0.1) is 12.4 Å². The molecule has 1 saturated heterocycles. The standard InChI is InChI=1S/C17H21ClN2O.ClH/c18-13-3-1-2-12(10-13)17(4-5-17)20-15(21)14-11-16(14)6-8-19-9-7-16;/h1-3,10,14,19H,4-9,11H2,(H,20,21);1H. The highest BCUT2D eigenvalue weighted by atomic mass is 35.5. The van der Waals surface area contributed by atoms with Gasteiger partial charge in [-0.2, -0.15) is 0 Å². The molecule has 1 atom stereocenters. The summed E-state index contributed by atoms with van der Waals surface area (Å²) in [6.45, 7) is 2.12. The molecule has 1 aromatic carbocycles. The topological polar surface area (TPSA) is 41.1 Å². The zero-order valence-corrected chi connectivity index (χ0v) is 14.1. The van der Waals surface area contributed by atoms with Gasteiger partial charge in [-0.25, -0.2) is 0 Å². The third-order valence-corrected chi connectivity index (χ3v) is 5.83. The number of hydrogen-bond acceptors (Lipinski definition) is 2. The van der Waals surface area contributed by atoms with E-state index in [1.165, 1.54) is 0 Å². The second-order valence-electron chi connectivity index (χ2n) is 6.95. The molecule has 1 spiro atoms. The van der Waals surface area contributed by atoms with E-state index in [-0.39, 0.29) is 29.8 Å². The van der Waals surface area contributed by atoms with Gasteiger partial charge in [0.05, 0.1) is 5.54 Å². The van der Waals surface area contributed by atoms with Crippen molar-refractivity contribution < 1.29 is 4.79 Å². The van der Waals surface area contributed by atoms with Gasteiger partial charge in [-0.1, -0.05) is 23.7 Å². The summed E-state index contributed by atoms with van der Waals surface area (Å²) in [6, 6.07) is 7.91. The highest BCUT2D eigenvalue weighted by Gasteiger charge is 2.59. The number of rotatable bonds is 3. The molecule has 3 nitrogen and oxygen atoms in total. The Morgan fingerprint density at radius 1 is 1.23 bits per heavy atom. The second kappa shape index (κ2) is 5.70. The number of benzene rings is 1. The molecule has 3 aliphatic rings. The summed E-state index contributed by atoms with van der Waals surface area (Å²) in [4.78, 5) is 12.6. The van der Waals surface area contributed by atoms with Crippen LogP contribution < -0.4 is 10.6 Å². The molecular formula is C17H22Cl2N2O. The van der Waals surface area contributed by atoms with Crippen molar-refractivity contribution in [2.45, 2.75) is 37.6 Å². The predicted octanol–water partition coefficient (Wildman–Crippen LogP) is 3.26. The van der Waals surface area contributed by atoms with Crippen LogP contribution >= 0.6 is 24.0 Å². The van der Waals surface area contributed by atoms with E-state index in [0.29, 0.717) is 5.41 Å². The summed E-state index contributed by atoms with van der Waals surface area (Å²) < 4.78 is 0. The normalized spacial score (nSPS) is 26.9. The maximum Gasteiger partial charge on any atom is 0.224 e. The van der Waals surface area contributed by atoms with Crippen LogP contribution in [0.15, 0.2) is 24.3 Å². The van der Waals surface area contributed by atoms with Crippen LogP contribution in [0, 0.1) is 11.3 Å². The first kappa shape index (κ1) is 16.1. The number of halogens is 2. The Kier molecular flexibility index (Phi) is 4.17. The predicted molar refractivity (Wildman–Crippen MR) is 90.4 cm³/mol. The van der Waals surface area contributed by atoms with E-state index in [4.69, 9.17) is 11.6 Å². The Hall–Kier alpha value is -0.770. The van der Waals surface area contributed by atoms with E-state index in [0.717, 1.165) is 55.8 Å². The fraction of sp³-hybridized carbons (Fsp3) is 0.588. The summed E-state index contributed by atoms with van der Waals surface area (Å²) >= 11 is 6.09. The monoisotopic (exact) mass is 340 g/mol. The third kappa shape index (κ3) is 2.75. The Morgan fingerprint density at radius 2 is 1.95 bits per heavy atom. The molecule has 0 bridgehead atoms. The van der Waals surface area contributed by atoms with E-state index in [9.17, 15) is 4.79 Å². The van der Waals surface area contributed by atoms with Crippen molar-refractivity contribution in [1.29, 1.82) is 0 Å². The fourth-order valence-electron chi connectivity index (χ4n) is 3.92. The van der Waals surface area contributed by atoms with Gasteiger partial charge in [-0.05, 0) is 68.3 Å². The summed E-state index contributed by atoms with van der Waals surface area (Å²) in [5.41, 5.74) is 1.32. The molecule has 2 aliphatic carbocycles. The first-order valence-electron chi connectivity index (χ1n) is 7.92.